The predicted octanol–water partition coefficient (Wildman–Crippen LogP) is 1.24. The van der Waals surface area contributed by atoms with Crippen molar-refractivity contribution < 1.29 is 9.47 Å². The summed E-state index contributed by atoms with van der Waals surface area (Å²) in [7, 11) is 1.81. The van der Waals surface area contributed by atoms with Crippen LogP contribution in [0.4, 0.5) is 0 Å². The lowest BCUT2D eigenvalue weighted by Crippen LogP contribution is -2.80. The van der Waals surface area contributed by atoms with Crippen LogP contribution in [0.2, 0.25) is 0 Å². The Balaban J connectivity index is 1.68. The second-order valence-corrected chi connectivity index (χ2v) is 7.18. The monoisotopic (exact) mass is 268 g/mol. The normalized spacial score (nSPS) is 45.8. The number of hydrogen-bond acceptors (Lipinski definition) is 4. The number of hydrogen-bond donors (Lipinski definition) is 1. The summed E-state index contributed by atoms with van der Waals surface area (Å²) in [5.41, 5.74) is 6.83. The number of nitrogens with zero attached hydrogens (tertiary/aromatic N) is 1. The maximum Gasteiger partial charge on any atom is 0.0710 e. The Morgan fingerprint density at radius 1 is 1.37 bits per heavy atom. The minimum Gasteiger partial charge on any atom is -0.380 e. The van der Waals surface area contributed by atoms with E-state index in [-0.39, 0.29) is 11.0 Å². The van der Waals surface area contributed by atoms with Crippen molar-refractivity contribution in [2.24, 2.45) is 17.1 Å². The molecular weight excluding hydrogens is 240 g/mol. The molecule has 4 unspecified atom stereocenters. The van der Waals surface area contributed by atoms with Crippen molar-refractivity contribution in [3.8, 4) is 0 Å². The van der Waals surface area contributed by atoms with Gasteiger partial charge in [-0.1, -0.05) is 13.8 Å². The lowest BCUT2D eigenvalue weighted by atomic mass is 9.46. The van der Waals surface area contributed by atoms with Crippen molar-refractivity contribution in [1.29, 1.82) is 0 Å². The number of likely N-dealkylation sites (tertiary alicyclic amines) is 1. The van der Waals surface area contributed by atoms with Crippen LogP contribution in [0.3, 0.4) is 0 Å². The highest BCUT2D eigenvalue weighted by Crippen LogP contribution is 2.57. The van der Waals surface area contributed by atoms with E-state index in [0.29, 0.717) is 18.1 Å². The molecule has 1 aliphatic carbocycles. The maximum absolute atomic E-state index is 6.84. The van der Waals surface area contributed by atoms with Gasteiger partial charge in [0.2, 0.25) is 0 Å². The quantitative estimate of drug-likeness (QED) is 0.836. The van der Waals surface area contributed by atoms with E-state index in [1.54, 1.807) is 0 Å². The Kier molecular flexibility index (Phi) is 3.41. The molecule has 4 atom stereocenters. The first-order chi connectivity index (χ1) is 8.99. The van der Waals surface area contributed by atoms with Gasteiger partial charge in [0.1, 0.15) is 0 Å². The third-order valence-electron chi connectivity index (χ3n) is 5.94. The summed E-state index contributed by atoms with van der Waals surface area (Å²) < 4.78 is 11.4. The zero-order valence-electron chi connectivity index (χ0n) is 12.5. The van der Waals surface area contributed by atoms with Gasteiger partial charge in [0.05, 0.1) is 12.2 Å². The van der Waals surface area contributed by atoms with Crippen LogP contribution in [0.5, 0.6) is 0 Å². The van der Waals surface area contributed by atoms with Crippen molar-refractivity contribution in [3.05, 3.63) is 0 Å². The molecule has 2 saturated heterocycles. The molecule has 4 heteroatoms. The SMILES string of the molecule is COC1CCN(CC2(N)C3CCCOC3C2(C)C)C1. The van der Waals surface area contributed by atoms with E-state index in [2.05, 4.69) is 18.7 Å². The van der Waals surface area contributed by atoms with Gasteiger partial charge in [-0.3, -0.25) is 4.90 Å². The fourth-order valence-corrected chi connectivity index (χ4v) is 4.49. The van der Waals surface area contributed by atoms with Crippen molar-refractivity contribution >= 4 is 0 Å². The standard InChI is InChI=1S/C15H28N2O2/c1-14(2)13-12(5-4-8-19-13)15(14,16)10-17-7-6-11(9-17)18-3/h11-13H,4-10,16H2,1-3H3. The fourth-order valence-electron chi connectivity index (χ4n) is 4.49. The van der Waals surface area contributed by atoms with Crippen LogP contribution < -0.4 is 5.73 Å². The van der Waals surface area contributed by atoms with Crippen molar-refractivity contribution in [2.75, 3.05) is 33.4 Å². The van der Waals surface area contributed by atoms with Crippen LogP contribution in [0, 0.1) is 11.3 Å². The molecule has 3 aliphatic rings. The molecule has 0 amide bonds. The highest BCUT2D eigenvalue weighted by Gasteiger charge is 2.66. The topological polar surface area (TPSA) is 47.7 Å². The van der Waals surface area contributed by atoms with Crippen LogP contribution in [0.25, 0.3) is 0 Å². The van der Waals surface area contributed by atoms with Gasteiger partial charge < -0.3 is 15.2 Å². The van der Waals surface area contributed by atoms with E-state index < -0.39 is 0 Å². The second-order valence-electron chi connectivity index (χ2n) is 7.18. The molecule has 4 nitrogen and oxygen atoms in total. The van der Waals surface area contributed by atoms with E-state index >= 15 is 0 Å². The molecule has 3 fully saturated rings. The van der Waals surface area contributed by atoms with E-state index in [1.165, 1.54) is 6.42 Å². The average molecular weight is 268 g/mol. The number of ether oxygens (including phenoxy) is 2. The molecule has 0 bridgehead atoms. The molecule has 2 aliphatic heterocycles. The molecule has 19 heavy (non-hydrogen) atoms. The predicted molar refractivity (Wildman–Crippen MR) is 75.0 cm³/mol. The number of rotatable bonds is 3. The highest BCUT2D eigenvalue weighted by molar-refractivity contribution is 5.21. The minimum atomic E-state index is -0.0965. The van der Waals surface area contributed by atoms with Gasteiger partial charge in [-0.25, -0.2) is 0 Å². The van der Waals surface area contributed by atoms with Gasteiger partial charge in [0.15, 0.2) is 0 Å². The summed E-state index contributed by atoms with van der Waals surface area (Å²) in [4.78, 5) is 2.49. The van der Waals surface area contributed by atoms with Gasteiger partial charge >= 0.3 is 0 Å². The van der Waals surface area contributed by atoms with E-state index in [4.69, 9.17) is 15.2 Å². The van der Waals surface area contributed by atoms with Crippen LogP contribution in [0.1, 0.15) is 33.1 Å². The van der Waals surface area contributed by atoms with E-state index in [9.17, 15) is 0 Å². The van der Waals surface area contributed by atoms with Crippen molar-refractivity contribution in [1.82, 2.24) is 4.90 Å². The smallest absolute Gasteiger partial charge is 0.0710 e. The molecule has 0 spiro atoms. The van der Waals surface area contributed by atoms with Gasteiger partial charge in [0, 0.05) is 50.2 Å². The summed E-state index contributed by atoms with van der Waals surface area (Å²) in [6, 6.07) is 0. The van der Waals surface area contributed by atoms with Gasteiger partial charge in [-0.05, 0) is 19.3 Å². The largest absolute Gasteiger partial charge is 0.380 e. The Morgan fingerprint density at radius 2 is 2.16 bits per heavy atom. The molecule has 0 aromatic heterocycles. The zero-order chi connectivity index (χ0) is 13.7. The zero-order valence-corrected chi connectivity index (χ0v) is 12.5. The minimum absolute atomic E-state index is 0.0866. The van der Waals surface area contributed by atoms with E-state index in [0.717, 1.165) is 39.1 Å². The number of fused-ring (bicyclic) bond motifs is 1. The molecule has 3 rings (SSSR count). The summed E-state index contributed by atoms with van der Waals surface area (Å²) in [5.74, 6) is 0.540. The summed E-state index contributed by atoms with van der Waals surface area (Å²) >= 11 is 0. The average Bonchev–Trinajstić information content (AvgIpc) is 2.86. The highest BCUT2D eigenvalue weighted by atomic mass is 16.5. The van der Waals surface area contributed by atoms with Crippen molar-refractivity contribution in [2.45, 2.75) is 50.9 Å². The summed E-state index contributed by atoms with van der Waals surface area (Å²) in [6.45, 7) is 8.61. The molecule has 110 valence electrons. The van der Waals surface area contributed by atoms with Crippen LogP contribution in [0.15, 0.2) is 0 Å². The Hall–Kier alpha value is -0.160. The molecule has 1 saturated carbocycles. The molecule has 2 N–H and O–H groups in total. The number of nitrogens with two attached hydrogens (primary N) is 1. The van der Waals surface area contributed by atoms with Gasteiger partial charge in [0.25, 0.3) is 0 Å². The fraction of sp³-hybridized carbons (Fsp3) is 1.00. The number of methoxy groups -OCH3 is 1. The third-order valence-corrected chi connectivity index (χ3v) is 5.94. The third kappa shape index (κ3) is 1.96. The first-order valence-corrected chi connectivity index (χ1v) is 7.64. The molecule has 2 heterocycles. The Bertz CT molecular complexity index is 347. The maximum atomic E-state index is 6.84. The molecule has 0 aromatic rings. The van der Waals surface area contributed by atoms with Gasteiger partial charge in [-0.15, -0.1) is 0 Å². The first-order valence-electron chi connectivity index (χ1n) is 7.64. The van der Waals surface area contributed by atoms with Crippen LogP contribution in [-0.4, -0.2) is 56.0 Å². The Morgan fingerprint density at radius 3 is 2.84 bits per heavy atom. The summed E-state index contributed by atoms with van der Waals surface area (Å²) in [5, 5.41) is 0. The van der Waals surface area contributed by atoms with E-state index in [1.807, 2.05) is 7.11 Å². The second kappa shape index (κ2) is 4.69. The van der Waals surface area contributed by atoms with Crippen LogP contribution in [-0.2, 0) is 9.47 Å². The molecular formula is C15H28N2O2. The Labute approximate surface area is 116 Å². The summed E-state index contributed by atoms with van der Waals surface area (Å²) in [6.07, 6.45) is 4.29. The molecule has 0 radical (unpaired) electrons. The van der Waals surface area contributed by atoms with Crippen LogP contribution >= 0.6 is 0 Å². The first kappa shape index (κ1) is 13.8. The van der Waals surface area contributed by atoms with Gasteiger partial charge in [-0.2, -0.15) is 0 Å². The molecule has 0 aromatic carbocycles. The lowest BCUT2D eigenvalue weighted by molar-refractivity contribution is -0.231. The van der Waals surface area contributed by atoms with Crippen molar-refractivity contribution in [3.63, 3.8) is 0 Å². The lowest BCUT2D eigenvalue weighted by Gasteiger charge is -2.67.